The van der Waals surface area contributed by atoms with Gasteiger partial charge in [0, 0.05) is 5.41 Å². The Morgan fingerprint density at radius 2 is 1.93 bits per heavy atom. The molecule has 0 spiro atoms. The number of nitrogens with zero attached hydrogens (tertiary/aromatic N) is 1. The van der Waals surface area contributed by atoms with Gasteiger partial charge in [0.05, 0.1) is 6.07 Å². The van der Waals surface area contributed by atoms with Crippen LogP contribution in [0.5, 0.6) is 0 Å². The average Bonchev–Trinajstić information content (AvgIpc) is 2.80. The van der Waals surface area contributed by atoms with Crippen LogP contribution in [0.25, 0.3) is 0 Å². The number of rotatable bonds is 4. The molecule has 1 atom stereocenters. The molecular weight excluding hydrogens is 202 g/mol. The predicted molar refractivity (Wildman–Crippen MR) is 64.9 cm³/mol. The monoisotopic (exact) mass is 223 g/mol. The molecule has 1 saturated carbocycles. The predicted octanol–water partition coefficient (Wildman–Crippen LogP) is 3.48. The second-order valence-electron chi connectivity index (χ2n) is 5.72. The molecule has 0 unspecified atom stereocenters. The molecule has 0 aromatic heterocycles. The van der Waals surface area contributed by atoms with Gasteiger partial charge in [-0.3, -0.25) is 0 Å². The van der Waals surface area contributed by atoms with Crippen molar-refractivity contribution in [3.05, 3.63) is 12.2 Å². The van der Waals surface area contributed by atoms with Crippen LogP contribution in [0.15, 0.2) is 12.2 Å². The summed E-state index contributed by atoms with van der Waals surface area (Å²) in [5.74, 6) is 0. The molecule has 1 fully saturated rings. The molecule has 0 N–H and O–H groups in total. The molecule has 0 bridgehead atoms. The Balaban J connectivity index is 2.98. The molecule has 1 aliphatic carbocycles. The van der Waals surface area contributed by atoms with Gasteiger partial charge in [-0.2, -0.15) is 5.26 Å². The van der Waals surface area contributed by atoms with Gasteiger partial charge in [0.2, 0.25) is 0 Å². The van der Waals surface area contributed by atoms with E-state index in [0.717, 1.165) is 18.4 Å². The zero-order valence-electron chi connectivity index (χ0n) is 10.5. The summed E-state index contributed by atoms with van der Waals surface area (Å²) in [6.45, 7) is 14.3. The molecule has 2 nitrogen and oxygen atoms in total. The highest BCUT2D eigenvalue weighted by Gasteiger charge is 2.59. The molecule has 0 saturated heterocycles. The summed E-state index contributed by atoms with van der Waals surface area (Å²) in [6.07, 6.45) is 2.08. The summed E-state index contributed by atoms with van der Waals surface area (Å²) < 4.78 is 6.08. The molecule has 15 heavy (non-hydrogen) atoms. The normalized spacial score (nSPS) is 22.7. The average molecular weight is 223 g/mol. The molecule has 0 amide bonds. The lowest BCUT2D eigenvalue weighted by molar-refractivity contribution is 0.0763. The van der Waals surface area contributed by atoms with E-state index in [1.54, 1.807) is 0 Å². The van der Waals surface area contributed by atoms with E-state index in [2.05, 4.69) is 32.3 Å². The van der Waals surface area contributed by atoms with E-state index in [9.17, 15) is 5.26 Å². The SMILES string of the molecule is C=C(C)C1([C@](C)(C#N)O[Si](C)(C)C)CC1. The zero-order valence-corrected chi connectivity index (χ0v) is 11.5. The number of nitriles is 1. The van der Waals surface area contributed by atoms with Crippen LogP contribution in [0.3, 0.4) is 0 Å². The molecule has 0 aliphatic heterocycles. The highest BCUT2D eigenvalue weighted by molar-refractivity contribution is 6.69. The van der Waals surface area contributed by atoms with Crippen molar-refractivity contribution in [2.24, 2.45) is 5.41 Å². The maximum atomic E-state index is 9.38. The van der Waals surface area contributed by atoms with Crippen molar-refractivity contribution in [1.82, 2.24) is 0 Å². The van der Waals surface area contributed by atoms with Crippen LogP contribution in [-0.4, -0.2) is 13.9 Å². The van der Waals surface area contributed by atoms with Crippen molar-refractivity contribution >= 4 is 8.32 Å². The second kappa shape index (κ2) is 3.46. The van der Waals surface area contributed by atoms with Gasteiger partial charge in [-0.1, -0.05) is 12.2 Å². The van der Waals surface area contributed by atoms with E-state index in [4.69, 9.17) is 4.43 Å². The molecule has 3 heteroatoms. The maximum absolute atomic E-state index is 9.38. The molecule has 0 aromatic rings. The van der Waals surface area contributed by atoms with Crippen LogP contribution < -0.4 is 0 Å². The van der Waals surface area contributed by atoms with Crippen LogP contribution in [0.1, 0.15) is 26.7 Å². The lowest BCUT2D eigenvalue weighted by Gasteiger charge is -2.37. The summed E-state index contributed by atoms with van der Waals surface area (Å²) in [7, 11) is -1.69. The lowest BCUT2D eigenvalue weighted by Crippen LogP contribution is -2.46. The Labute approximate surface area is 94.1 Å². The van der Waals surface area contributed by atoms with E-state index in [0.29, 0.717) is 0 Å². The van der Waals surface area contributed by atoms with Crippen molar-refractivity contribution < 1.29 is 4.43 Å². The van der Waals surface area contributed by atoms with E-state index < -0.39 is 13.9 Å². The first-order valence-electron chi connectivity index (χ1n) is 5.44. The summed E-state index contributed by atoms with van der Waals surface area (Å²) in [5, 5.41) is 9.38. The van der Waals surface area contributed by atoms with Crippen molar-refractivity contribution in [2.75, 3.05) is 0 Å². The minimum atomic E-state index is -1.69. The van der Waals surface area contributed by atoms with Crippen LogP contribution in [0.2, 0.25) is 19.6 Å². The van der Waals surface area contributed by atoms with Gasteiger partial charge >= 0.3 is 0 Å². The topological polar surface area (TPSA) is 33.0 Å². The fourth-order valence-electron chi connectivity index (χ4n) is 2.28. The Kier molecular flexibility index (Phi) is 2.88. The van der Waals surface area contributed by atoms with E-state index in [1.807, 2.05) is 13.8 Å². The van der Waals surface area contributed by atoms with Gasteiger partial charge in [-0.05, 0) is 46.3 Å². The standard InChI is InChI=1S/C12H21NOSi/c1-10(2)12(7-8-12)11(3,9-13)14-15(4,5)6/h1,7-8H2,2-6H3/t11-/m0/s1. The highest BCUT2D eigenvalue weighted by Crippen LogP contribution is 2.60. The molecule has 0 aromatic carbocycles. The largest absolute Gasteiger partial charge is 0.399 e. The first kappa shape index (κ1) is 12.5. The van der Waals surface area contributed by atoms with E-state index in [1.165, 1.54) is 0 Å². The van der Waals surface area contributed by atoms with Crippen molar-refractivity contribution in [3.63, 3.8) is 0 Å². The maximum Gasteiger partial charge on any atom is 0.185 e. The van der Waals surface area contributed by atoms with Gasteiger partial charge in [0.25, 0.3) is 0 Å². The highest BCUT2D eigenvalue weighted by atomic mass is 28.4. The minimum absolute atomic E-state index is 0.0813. The number of hydrogen-bond donors (Lipinski definition) is 0. The first-order valence-corrected chi connectivity index (χ1v) is 8.85. The first-order chi connectivity index (χ1) is 6.67. The quantitative estimate of drug-likeness (QED) is 0.540. The third kappa shape index (κ3) is 2.16. The summed E-state index contributed by atoms with van der Waals surface area (Å²) >= 11 is 0. The van der Waals surface area contributed by atoms with Gasteiger partial charge in [0.15, 0.2) is 13.9 Å². The van der Waals surface area contributed by atoms with Gasteiger partial charge < -0.3 is 4.43 Å². The zero-order chi connectivity index (χ0) is 11.9. The summed E-state index contributed by atoms with van der Waals surface area (Å²) in [5.41, 5.74) is 0.329. The van der Waals surface area contributed by atoms with Crippen LogP contribution in [-0.2, 0) is 4.43 Å². The van der Waals surface area contributed by atoms with Crippen molar-refractivity contribution in [3.8, 4) is 6.07 Å². The number of hydrogen-bond acceptors (Lipinski definition) is 2. The van der Waals surface area contributed by atoms with Crippen molar-refractivity contribution in [1.29, 1.82) is 5.26 Å². The molecule has 1 aliphatic rings. The summed E-state index contributed by atoms with van der Waals surface area (Å²) in [4.78, 5) is 0. The Morgan fingerprint density at radius 1 is 1.47 bits per heavy atom. The third-order valence-electron chi connectivity index (χ3n) is 3.20. The lowest BCUT2D eigenvalue weighted by atomic mass is 9.82. The Morgan fingerprint density at radius 3 is 2.13 bits per heavy atom. The smallest absolute Gasteiger partial charge is 0.185 e. The van der Waals surface area contributed by atoms with Crippen LogP contribution in [0.4, 0.5) is 0 Å². The molecule has 84 valence electrons. The fourth-order valence-corrected chi connectivity index (χ4v) is 3.74. The van der Waals surface area contributed by atoms with Crippen LogP contribution in [0, 0.1) is 16.7 Å². The van der Waals surface area contributed by atoms with Gasteiger partial charge in [-0.15, -0.1) is 0 Å². The van der Waals surface area contributed by atoms with Crippen molar-refractivity contribution in [2.45, 2.75) is 51.9 Å². The molecular formula is C12H21NOSi. The Hall–Kier alpha value is -0.593. The van der Waals surface area contributed by atoms with Crippen LogP contribution >= 0.6 is 0 Å². The summed E-state index contributed by atoms with van der Waals surface area (Å²) in [6, 6.07) is 2.37. The van der Waals surface area contributed by atoms with E-state index in [-0.39, 0.29) is 5.41 Å². The van der Waals surface area contributed by atoms with Gasteiger partial charge in [-0.25, -0.2) is 0 Å². The fraction of sp³-hybridized carbons (Fsp3) is 0.750. The van der Waals surface area contributed by atoms with E-state index >= 15 is 0 Å². The van der Waals surface area contributed by atoms with Gasteiger partial charge in [0.1, 0.15) is 0 Å². The third-order valence-corrected chi connectivity index (χ3v) is 4.22. The second-order valence-corrected chi connectivity index (χ2v) is 10.2. The molecule has 0 radical (unpaired) electrons. The minimum Gasteiger partial charge on any atom is -0.399 e. The molecule has 0 heterocycles. The molecule has 1 rings (SSSR count). The Bertz CT molecular complexity index is 319.